The van der Waals surface area contributed by atoms with Gasteiger partial charge in [-0.15, -0.1) is 17.9 Å². The Labute approximate surface area is 122 Å². The Hall–Kier alpha value is -0.840. The van der Waals surface area contributed by atoms with Crippen LogP contribution in [0.3, 0.4) is 0 Å². The average molecular weight is 300 g/mol. The number of carbonyl (C=O) groups excluding carboxylic acids is 1. The lowest BCUT2D eigenvalue weighted by Crippen LogP contribution is -2.33. The zero-order chi connectivity index (χ0) is 13.7. The van der Waals surface area contributed by atoms with Gasteiger partial charge >= 0.3 is 0 Å². The first-order valence-electron chi connectivity index (χ1n) is 6.39. The van der Waals surface area contributed by atoms with E-state index in [1.165, 1.54) is 24.2 Å². The molecule has 2 rings (SSSR count). The van der Waals surface area contributed by atoms with Gasteiger partial charge in [0.05, 0.1) is 17.5 Å². The molecule has 0 saturated heterocycles. The van der Waals surface area contributed by atoms with Crippen molar-refractivity contribution < 1.29 is 9.53 Å². The van der Waals surface area contributed by atoms with E-state index < -0.39 is 0 Å². The molecule has 1 heterocycles. The van der Waals surface area contributed by atoms with Crippen LogP contribution in [0.1, 0.15) is 17.7 Å². The fourth-order valence-electron chi connectivity index (χ4n) is 1.72. The van der Waals surface area contributed by atoms with Gasteiger partial charge in [0.25, 0.3) is 0 Å². The first-order chi connectivity index (χ1) is 9.19. The van der Waals surface area contributed by atoms with Gasteiger partial charge in [-0.3, -0.25) is 4.79 Å². The van der Waals surface area contributed by atoms with E-state index in [1.807, 2.05) is 12.1 Å². The second kappa shape index (κ2) is 7.08. The number of halogens is 1. The molecule has 1 aromatic rings. The third-order valence-corrected chi connectivity index (χ3v) is 4.17. The fraction of sp³-hybridized carbons (Fsp3) is 0.500. The van der Waals surface area contributed by atoms with Gasteiger partial charge in [0.2, 0.25) is 5.91 Å². The molecule has 104 valence electrons. The topological polar surface area (TPSA) is 29.5 Å². The van der Waals surface area contributed by atoms with E-state index in [-0.39, 0.29) is 12.5 Å². The molecule has 0 aliphatic heterocycles. The highest BCUT2D eigenvalue weighted by atomic mass is 35.5. The highest BCUT2D eigenvalue weighted by molar-refractivity contribution is 7.16. The molecule has 0 atom stereocenters. The first-order valence-corrected chi connectivity index (χ1v) is 7.59. The summed E-state index contributed by atoms with van der Waals surface area (Å²) >= 11 is 7.39. The minimum absolute atomic E-state index is 0.00470. The molecule has 0 N–H and O–H groups in total. The number of carbonyl (C=O) groups is 1. The lowest BCUT2D eigenvalue weighted by Gasteiger charge is -2.20. The van der Waals surface area contributed by atoms with Crippen LogP contribution < -0.4 is 0 Å². The molecule has 0 spiro atoms. The third-order valence-electron chi connectivity index (χ3n) is 2.95. The average Bonchev–Trinajstić information content (AvgIpc) is 3.11. The molecular formula is C14H18ClNO2S. The van der Waals surface area contributed by atoms with Crippen LogP contribution in [0.2, 0.25) is 4.34 Å². The normalized spacial score (nSPS) is 14.4. The van der Waals surface area contributed by atoms with Crippen molar-refractivity contribution in [3.8, 4) is 0 Å². The van der Waals surface area contributed by atoms with Crippen molar-refractivity contribution >= 4 is 28.8 Å². The van der Waals surface area contributed by atoms with Gasteiger partial charge in [-0.05, 0) is 30.9 Å². The molecule has 0 bridgehead atoms. The Morgan fingerprint density at radius 3 is 2.95 bits per heavy atom. The molecule has 1 aliphatic rings. The van der Waals surface area contributed by atoms with Crippen molar-refractivity contribution in [3.63, 3.8) is 0 Å². The predicted octanol–water partition coefficient (Wildman–Crippen LogP) is 3.34. The summed E-state index contributed by atoms with van der Waals surface area (Å²) in [7, 11) is 0. The Bertz CT molecular complexity index is 442. The smallest absolute Gasteiger partial charge is 0.249 e. The van der Waals surface area contributed by atoms with Crippen LogP contribution in [-0.2, 0) is 16.1 Å². The van der Waals surface area contributed by atoms with Gasteiger partial charge in [0.15, 0.2) is 0 Å². The number of amides is 1. The van der Waals surface area contributed by atoms with Crippen LogP contribution in [0.15, 0.2) is 24.8 Å². The van der Waals surface area contributed by atoms with Crippen molar-refractivity contribution in [2.24, 2.45) is 5.92 Å². The van der Waals surface area contributed by atoms with Crippen LogP contribution in [0.5, 0.6) is 0 Å². The molecule has 3 nitrogen and oxygen atoms in total. The van der Waals surface area contributed by atoms with Crippen molar-refractivity contribution in [2.75, 3.05) is 19.8 Å². The summed E-state index contributed by atoms with van der Waals surface area (Å²) in [5.41, 5.74) is 0. The van der Waals surface area contributed by atoms with Crippen molar-refractivity contribution in [1.29, 1.82) is 0 Å². The lowest BCUT2D eigenvalue weighted by atomic mass is 10.4. The molecule has 1 fully saturated rings. The summed E-state index contributed by atoms with van der Waals surface area (Å²) in [5.74, 6) is 0.682. The summed E-state index contributed by atoms with van der Waals surface area (Å²) in [6.45, 7) is 5.65. The van der Waals surface area contributed by atoms with E-state index in [1.54, 1.807) is 11.0 Å². The Balaban J connectivity index is 1.82. The lowest BCUT2D eigenvalue weighted by molar-refractivity contribution is -0.136. The summed E-state index contributed by atoms with van der Waals surface area (Å²) < 4.78 is 6.18. The molecule has 1 amide bonds. The van der Waals surface area contributed by atoms with Gasteiger partial charge in [0.1, 0.15) is 6.61 Å². The standard InChI is InChI=1S/C14H18ClNO2S/c1-2-7-16(8-12-5-6-13(15)19-12)14(17)10-18-9-11-3-4-11/h2,5-6,11H,1,3-4,7-10H2. The van der Waals surface area contributed by atoms with E-state index in [0.717, 1.165) is 9.21 Å². The monoisotopic (exact) mass is 299 g/mol. The molecule has 5 heteroatoms. The van der Waals surface area contributed by atoms with Crippen LogP contribution in [-0.4, -0.2) is 30.6 Å². The first kappa shape index (κ1) is 14.6. The minimum atomic E-state index is 0.00470. The maximum absolute atomic E-state index is 12.1. The van der Waals surface area contributed by atoms with Gasteiger partial charge in [-0.25, -0.2) is 0 Å². The third kappa shape index (κ3) is 4.97. The van der Waals surface area contributed by atoms with E-state index in [0.29, 0.717) is 25.6 Å². The highest BCUT2D eigenvalue weighted by Crippen LogP contribution is 2.28. The number of rotatable bonds is 8. The largest absolute Gasteiger partial charge is 0.371 e. The van der Waals surface area contributed by atoms with E-state index >= 15 is 0 Å². The van der Waals surface area contributed by atoms with Gasteiger partial charge in [-0.2, -0.15) is 0 Å². The number of hydrogen-bond donors (Lipinski definition) is 0. The summed E-state index contributed by atoms with van der Waals surface area (Å²) in [6, 6.07) is 3.79. The molecule has 0 radical (unpaired) electrons. The second-order valence-electron chi connectivity index (χ2n) is 4.73. The number of nitrogens with zero attached hydrogens (tertiary/aromatic N) is 1. The molecule has 0 unspecified atom stereocenters. The van der Waals surface area contributed by atoms with Gasteiger partial charge < -0.3 is 9.64 Å². The van der Waals surface area contributed by atoms with E-state index in [9.17, 15) is 4.79 Å². The Morgan fingerprint density at radius 2 is 2.37 bits per heavy atom. The summed E-state index contributed by atoms with van der Waals surface area (Å²) in [5, 5.41) is 0. The molecule has 1 saturated carbocycles. The van der Waals surface area contributed by atoms with Crippen molar-refractivity contribution in [2.45, 2.75) is 19.4 Å². The predicted molar refractivity (Wildman–Crippen MR) is 78.5 cm³/mol. The van der Waals surface area contributed by atoms with E-state index in [2.05, 4.69) is 6.58 Å². The molecule has 0 aromatic carbocycles. The summed E-state index contributed by atoms with van der Waals surface area (Å²) in [4.78, 5) is 14.9. The van der Waals surface area contributed by atoms with Crippen LogP contribution in [0.25, 0.3) is 0 Å². The Kier molecular flexibility index (Phi) is 5.43. The zero-order valence-corrected chi connectivity index (χ0v) is 12.4. The molecule has 1 aromatic heterocycles. The number of hydrogen-bond acceptors (Lipinski definition) is 3. The van der Waals surface area contributed by atoms with Gasteiger partial charge in [-0.1, -0.05) is 17.7 Å². The fourth-order valence-corrected chi connectivity index (χ4v) is 2.83. The SMILES string of the molecule is C=CCN(Cc1ccc(Cl)s1)C(=O)COCC1CC1. The van der Waals surface area contributed by atoms with Crippen LogP contribution in [0, 0.1) is 5.92 Å². The molecule has 1 aliphatic carbocycles. The van der Waals surface area contributed by atoms with E-state index in [4.69, 9.17) is 16.3 Å². The molecular weight excluding hydrogens is 282 g/mol. The quantitative estimate of drug-likeness (QED) is 0.689. The number of thiophene rings is 1. The van der Waals surface area contributed by atoms with Gasteiger partial charge in [0, 0.05) is 11.4 Å². The minimum Gasteiger partial charge on any atom is -0.371 e. The van der Waals surface area contributed by atoms with Crippen molar-refractivity contribution in [3.05, 3.63) is 34.0 Å². The Morgan fingerprint density at radius 1 is 1.58 bits per heavy atom. The maximum Gasteiger partial charge on any atom is 0.249 e. The molecule has 19 heavy (non-hydrogen) atoms. The second-order valence-corrected chi connectivity index (χ2v) is 6.53. The van der Waals surface area contributed by atoms with Crippen LogP contribution in [0.4, 0.5) is 0 Å². The zero-order valence-electron chi connectivity index (χ0n) is 10.8. The maximum atomic E-state index is 12.1. The van der Waals surface area contributed by atoms with Crippen molar-refractivity contribution in [1.82, 2.24) is 4.90 Å². The van der Waals surface area contributed by atoms with Crippen LogP contribution >= 0.6 is 22.9 Å². The summed E-state index contributed by atoms with van der Waals surface area (Å²) in [6.07, 6.45) is 4.20. The number of ether oxygens (including phenoxy) is 1. The highest BCUT2D eigenvalue weighted by Gasteiger charge is 2.22.